The number of thiazole rings is 1. The van der Waals surface area contributed by atoms with Gasteiger partial charge in [0, 0.05) is 24.3 Å². The highest BCUT2D eigenvalue weighted by atomic mass is 32.1. The van der Waals surface area contributed by atoms with Crippen LogP contribution in [0.1, 0.15) is 40.2 Å². The molecule has 0 unspecified atom stereocenters. The lowest BCUT2D eigenvalue weighted by atomic mass is 9.89. The molecule has 1 fully saturated rings. The van der Waals surface area contributed by atoms with Crippen LogP contribution in [0.2, 0.25) is 0 Å². The van der Waals surface area contributed by atoms with Crippen LogP contribution in [-0.2, 0) is 11.2 Å². The van der Waals surface area contributed by atoms with Crippen LogP contribution in [0.15, 0.2) is 29.8 Å². The molecule has 1 aromatic heterocycles. The minimum atomic E-state index is -0.554. The van der Waals surface area contributed by atoms with Crippen LogP contribution < -0.4 is 4.74 Å². The number of hydrogen-bond donors (Lipinski definition) is 0. The Morgan fingerprint density at radius 3 is 3.04 bits per heavy atom. The molecule has 1 amide bonds. The van der Waals surface area contributed by atoms with Crippen molar-refractivity contribution in [3.8, 4) is 5.75 Å². The van der Waals surface area contributed by atoms with Crippen LogP contribution in [0.4, 0.5) is 0 Å². The number of Topliss-reactive ketones (excluding diaryl/α,β-unsaturated/α-hetero) is 1. The molecule has 1 atom stereocenters. The Labute approximate surface area is 150 Å². The molecule has 6 heteroatoms. The highest BCUT2D eigenvalue weighted by molar-refractivity contribution is 7.09. The van der Waals surface area contributed by atoms with Crippen LogP contribution in [-0.4, -0.2) is 40.3 Å². The number of ketones is 1. The summed E-state index contributed by atoms with van der Waals surface area (Å²) >= 11 is 1.60. The summed E-state index contributed by atoms with van der Waals surface area (Å²) in [4.78, 5) is 32.3. The number of carbonyl (C=O) groups is 2. The summed E-state index contributed by atoms with van der Waals surface area (Å²) < 4.78 is 6.18. The first-order valence-corrected chi connectivity index (χ1v) is 9.42. The number of benzene rings is 1. The van der Waals surface area contributed by atoms with Crippen molar-refractivity contribution >= 4 is 23.0 Å². The molecular formula is C19H20N2O3S. The number of carbonyl (C=O) groups excluding carboxylic acids is 2. The lowest BCUT2D eigenvalue weighted by Crippen LogP contribution is -2.45. The van der Waals surface area contributed by atoms with Crippen molar-refractivity contribution in [2.45, 2.75) is 38.2 Å². The second kappa shape index (κ2) is 6.26. The zero-order valence-corrected chi connectivity index (χ0v) is 15.0. The van der Waals surface area contributed by atoms with E-state index in [1.165, 1.54) is 4.88 Å². The third-order valence-corrected chi connectivity index (χ3v) is 6.07. The topological polar surface area (TPSA) is 59.5 Å². The van der Waals surface area contributed by atoms with Crippen molar-refractivity contribution < 1.29 is 14.3 Å². The van der Waals surface area contributed by atoms with E-state index in [4.69, 9.17) is 4.74 Å². The molecule has 0 radical (unpaired) electrons. The lowest BCUT2D eigenvalue weighted by Gasteiger charge is -2.34. The maximum Gasteiger partial charge on any atom is 0.223 e. The van der Waals surface area contributed by atoms with E-state index in [0.717, 1.165) is 12.1 Å². The van der Waals surface area contributed by atoms with Gasteiger partial charge in [-0.15, -0.1) is 11.3 Å². The number of amides is 1. The smallest absolute Gasteiger partial charge is 0.223 e. The average molecular weight is 356 g/mol. The van der Waals surface area contributed by atoms with Crippen molar-refractivity contribution in [3.05, 3.63) is 45.9 Å². The maximum absolute atomic E-state index is 12.6. The summed E-state index contributed by atoms with van der Waals surface area (Å²) in [6.07, 6.45) is 2.26. The molecule has 0 aliphatic carbocycles. The molecule has 2 aromatic rings. The van der Waals surface area contributed by atoms with Crippen LogP contribution in [0.25, 0.3) is 0 Å². The molecule has 130 valence electrons. The zero-order valence-electron chi connectivity index (χ0n) is 14.2. The maximum atomic E-state index is 12.6. The second-order valence-electron chi connectivity index (χ2n) is 6.81. The number of aromatic nitrogens is 1. The van der Waals surface area contributed by atoms with E-state index in [-0.39, 0.29) is 11.7 Å². The number of nitrogens with zero attached hydrogens (tertiary/aromatic N) is 2. The molecule has 1 spiro atoms. The molecular weight excluding hydrogens is 336 g/mol. The predicted molar refractivity (Wildman–Crippen MR) is 95.1 cm³/mol. The number of likely N-dealkylation sites (tertiary alicyclic amines) is 1. The van der Waals surface area contributed by atoms with Gasteiger partial charge in [-0.05, 0) is 25.5 Å². The van der Waals surface area contributed by atoms with Gasteiger partial charge in [0.05, 0.1) is 29.7 Å². The first-order chi connectivity index (χ1) is 12.1. The third-order valence-electron chi connectivity index (χ3n) is 5.08. The van der Waals surface area contributed by atoms with Gasteiger partial charge < -0.3 is 9.64 Å². The van der Waals surface area contributed by atoms with Crippen molar-refractivity contribution in [3.63, 3.8) is 0 Å². The molecule has 4 rings (SSSR count). The second-order valence-corrected chi connectivity index (χ2v) is 7.75. The van der Waals surface area contributed by atoms with Gasteiger partial charge in [-0.25, -0.2) is 4.98 Å². The van der Waals surface area contributed by atoms with Crippen molar-refractivity contribution in [2.75, 3.05) is 13.1 Å². The molecule has 2 aliphatic rings. The molecule has 5 nitrogen and oxygen atoms in total. The van der Waals surface area contributed by atoms with Crippen LogP contribution in [0, 0.1) is 6.92 Å². The SMILES string of the molecule is Cc1ncsc1CCC(=O)N1CC[C@@]2(CC(=O)c3ccccc3O2)C1. The normalized spacial score (nSPS) is 22.1. The fourth-order valence-corrected chi connectivity index (χ4v) is 4.45. The molecule has 0 saturated carbocycles. The Morgan fingerprint density at radius 2 is 2.24 bits per heavy atom. The highest BCUT2D eigenvalue weighted by Gasteiger charge is 2.46. The summed E-state index contributed by atoms with van der Waals surface area (Å²) in [7, 11) is 0. The van der Waals surface area contributed by atoms with Crippen molar-refractivity contribution in [1.82, 2.24) is 9.88 Å². The summed E-state index contributed by atoms with van der Waals surface area (Å²) in [5.74, 6) is 0.879. The predicted octanol–water partition coefficient (Wildman–Crippen LogP) is 3.02. The molecule has 1 saturated heterocycles. The fourth-order valence-electron chi connectivity index (χ4n) is 3.67. The lowest BCUT2D eigenvalue weighted by molar-refractivity contribution is -0.130. The number of hydrogen-bond acceptors (Lipinski definition) is 5. The van der Waals surface area contributed by atoms with Gasteiger partial charge in [0.2, 0.25) is 5.91 Å². The van der Waals surface area contributed by atoms with Gasteiger partial charge in [-0.2, -0.15) is 0 Å². The van der Waals surface area contributed by atoms with Gasteiger partial charge in [0.1, 0.15) is 11.4 Å². The molecule has 2 aliphatic heterocycles. The minimum Gasteiger partial charge on any atom is -0.484 e. The summed E-state index contributed by atoms with van der Waals surface area (Å²) in [6, 6.07) is 7.37. The fraction of sp³-hybridized carbons (Fsp3) is 0.421. The molecule has 0 bridgehead atoms. The van der Waals surface area contributed by atoms with E-state index < -0.39 is 5.60 Å². The van der Waals surface area contributed by atoms with E-state index in [9.17, 15) is 9.59 Å². The zero-order chi connectivity index (χ0) is 17.4. The van der Waals surface area contributed by atoms with E-state index in [0.29, 0.717) is 43.7 Å². The Hall–Kier alpha value is -2.21. The molecule has 25 heavy (non-hydrogen) atoms. The Bertz CT molecular complexity index is 832. The molecule has 3 heterocycles. The van der Waals surface area contributed by atoms with Gasteiger partial charge in [0.15, 0.2) is 5.78 Å². The minimum absolute atomic E-state index is 0.108. The van der Waals surface area contributed by atoms with Gasteiger partial charge in [0.25, 0.3) is 0 Å². The van der Waals surface area contributed by atoms with E-state index in [2.05, 4.69) is 4.98 Å². The standard InChI is InChI=1S/C19H20N2O3S/c1-13-17(25-12-20-13)6-7-18(23)21-9-8-19(11-21)10-15(22)14-4-2-3-5-16(14)24-19/h2-5,12H,6-11H2,1H3/t19-/m1/s1. The van der Waals surface area contributed by atoms with Crippen molar-refractivity contribution in [1.29, 1.82) is 0 Å². The Balaban J connectivity index is 1.42. The third kappa shape index (κ3) is 3.06. The van der Waals surface area contributed by atoms with Gasteiger partial charge in [-0.1, -0.05) is 12.1 Å². The monoisotopic (exact) mass is 356 g/mol. The summed E-state index contributed by atoms with van der Waals surface area (Å²) in [5, 5.41) is 0. The number of para-hydroxylation sites is 1. The highest BCUT2D eigenvalue weighted by Crippen LogP contribution is 2.38. The number of aryl methyl sites for hydroxylation is 2. The van der Waals surface area contributed by atoms with Crippen LogP contribution >= 0.6 is 11.3 Å². The Kier molecular flexibility index (Phi) is 4.07. The number of fused-ring (bicyclic) bond motifs is 1. The first kappa shape index (κ1) is 16.3. The van der Waals surface area contributed by atoms with Gasteiger partial charge >= 0.3 is 0 Å². The van der Waals surface area contributed by atoms with Gasteiger partial charge in [-0.3, -0.25) is 9.59 Å². The average Bonchev–Trinajstić information content (AvgIpc) is 3.19. The van der Waals surface area contributed by atoms with E-state index in [1.807, 2.05) is 35.5 Å². The van der Waals surface area contributed by atoms with E-state index in [1.54, 1.807) is 17.4 Å². The van der Waals surface area contributed by atoms with E-state index >= 15 is 0 Å². The molecule has 1 aromatic carbocycles. The van der Waals surface area contributed by atoms with Crippen LogP contribution in [0.3, 0.4) is 0 Å². The number of ether oxygens (including phenoxy) is 1. The summed E-state index contributed by atoms with van der Waals surface area (Å²) in [5.41, 5.74) is 2.92. The van der Waals surface area contributed by atoms with Crippen LogP contribution in [0.5, 0.6) is 5.75 Å². The summed E-state index contributed by atoms with van der Waals surface area (Å²) in [6.45, 7) is 3.11. The number of rotatable bonds is 3. The molecule has 0 N–H and O–H groups in total. The first-order valence-electron chi connectivity index (χ1n) is 8.54. The largest absolute Gasteiger partial charge is 0.484 e. The van der Waals surface area contributed by atoms with Crippen molar-refractivity contribution in [2.24, 2.45) is 0 Å². The quantitative estimate of drug-likeness (QED) is 0.848. The Morgan fingerprint density at radius 1 is 1.40 bits per heavy atom.